The quantitative estimate of drug-likeness (QED) is 0.399. The van der Waals surface area contributed by atoms with Gasteiger partial charge in [0.1, 0.15) is 0 Å². The number of allylic oxidation sites excluding steroid dienone is 4. The van der Waals surface area contributed by atoms with Gasteiger partial charge < -0.3 is 24.8 Å². The number of rotatable bonds is 4. The van der Waals surface area contributed by atoms with Gasteiger partial charge in [-0.15, -0.1) is 0 Å². The summed E-state index contributed by atoms with van der Waals surface area (Å²) in [5, 5.41) is 0. The van der Waals surface area contributed by atoms with E-state index in [4.69, 9.17) is 0 Å². The Hall–Kier alpha value is 0.617. The summed E-state index contributed by atoms with van der Waals surface area (Å²) >= 11 is -1.97. The fourth-order valence-corrected chi connectivity index (χ4v) is 23.5. The first-order chi connectivity index (χ1) is 9.15. The van der Waals surface area contributed by atoms with E-state index in [2.05, 4.69) is 34.6 Å². The van der Waals surface area contributed by atoms with Crippen LogP contribution in [0.2, 0.25) is 13.1 Å². The standard InChI is InChI=1S/C8H13NO.C5H5.C2H7Si.2ClH.Hf/c9-8(10)7-4-5-1-2-6(7)3-5;1-2-4-5-3-1;1-3-2;;;/h5-7H,1-4H2,(H2,9,10);1-3H,4H2;3H,1-2H3;2*1H;/q;;;;;+3/p-3. The van der Waals surface area contributed by atoms with Gasteiger partial charge in [-0.1, -0.05) is 0 Å². The molecule has 117 valence electrons. The van der Waals surface area contributed by atoms with Crippen LogP contribution >= 0.6 is 0 Å². The molecule has 1 N–H and O–H groups in total. The molecule has 2 nitrogen and oxygen atoms in total. The number of amides is 1. The van der Waals surface area contributed by atoms with E-state index in [0.717, 1.165) is 18.3 Å². The van der Waals surface area contributed by atoms with E-state index in [1.54, 1.807) is 3.33 Å². The number of carbonyl (C=O) groups excluding carboxylic acids is 1. The fourth-order valence-electron chi connectivity index (χ4n) is 4.03. The second-order valence-electron chi connectivity index (χ2n) is 6.66. The molecule has 0 spiro atoms. The Morgan fingerprint density at radius 2 is 2.05 bits per heavy atom. The number of hydrogen-bond donors (Lipinski definition) is 1. The van der Waals surface area contributed by atoms with Gasteiger partial charge in [-0.3, -0.25) is 0 Å². The smallest absolute Gasteiger partial charge is 1.00 e. The molecule has 6 heteroatoms. The summed E-state index contributed by atoms with van der Waals surface area (Å²) < 4.78 is 5.25. The molecule has 3 rings (SSSR count). The van der Waals surface area contributed by atoms with Crippen molar-refractivity contribution in [3.8, 4) is 0 Å². The Bertz CT molecular complexity index is 441. The molecule has 0 radical (unpaired) electrons. The normalized spacial score (nSPS) is 28.9. The number of fused-ring (bicyclic) bond motifs is 2. The van der Waals surface area contributed by atoms with Crippen molar-refractivity contribution in [1.82, 2.24) is 3.30 Å². The molecule has 0 aliphatic heterocycles. The van der Waals surface area contributed by atoms with Crippen molar-refractivity contribution in [2.24, 2.45) is 17.8 Å². The van der Waals surface area contributed by atoms with Crippen molar-refractivity contribution in [2.45, 2.75) is 45.2 Å². The zero-order chi connectivity index (χ0) is 13.4. The number of nitrogens with one attached hydrogen (secondary N) is 1. The maximum atomic E-state index is 12.6. The van der Waals surface area contributed by atoms with E-state index in [-0.39, 0.29) is 24.8 Å². The molecule has 3 aliphatic carbocycles. The molecule has 0 aromatic heterocycles. The summed E-state index contributed by atoms with van der Waals surface area (Å²) in [6, 6.07) is 0. The Labute approximate surface area is 149 Å². The van der Waals surface area contributed by atoms with Gasteiger partial charge in [0.05, 0.1) is 0 Å². The molecular weight excluding hydrogens is 488 g/mol. The molecule has 0 aromatic carbocycles. The first-order valence-corrected chi connectivity index (χ1v) is 20.4. The molecule has 2 fully saturated rings. The zero-order valence-electron chi connectivity index (χ0n) is 12.7. The fraction of sp³-hybridized carbons (Fsp3) is 0.667. The van der Waals surface area contributed by atoms with Crippen LogP contribution in [0.25, 0.3) is 0 Å². The summed E-state index contributed by atoms with van der Waals surface area (Å²) in [6.07, 6.45) is 13.1. The molecular formula is C15H24Cl2HfNOSi. The predicted molar refractivity (Wildman–Crippen MR) is 77.8 cm³/mol. The van der Waals surface area contributed by atoms with Crippen molar-refractivity contribution in [3.63, 3.8) is 0 Å². The van der Waals surface area contributed by atoms with Crippen LogP contribution in [0.4, 0.5) is 0 Å². The van der Waals surface area contributed by atoms with Gasteiger partial charge in [0.25, 0.3) is 0 Å². The molecule has 0 aromatic rings. The van der Waals surface area contributed by atoms with Gasteiger partial charge >= 0.3 is 125 Å². The van der Waals surface area contributed by atoms with Crippen molar-refractivity contribution >= 4 is 11.9 Å². The topological polar surface area (TPSA) is 29.1 Å². The molecule has 0 saturated heterocycles. The maximum Gasteiger partial charge on any atom is -1.00 e. The van der Waals surface area contributed by atoms with Crippen LogP contribution in [0, 0.1) is 17.8 Å². The number of hydrogen-bond acceptors (Lipinski definition) is 1. The van der Waals surface area contributed by atoms with Crippen molar-refractivity contribution in [1.29, 1.82) is 0 Å². The van der Waals surface area contributed by atoms with Crippen molar-refractivity contribution in [3.05, 3.63) is 21.6 Å². The number of halogens is 2. The third kappa shape index (κ3) is 4.33. The summed E-state index contributed by atoms with van der Waals surface area (Å²) in [7, 11) is 0. The first kappa shape index (κ1) is 19.7. The van der Waals surface area contributed by atoms with E-state index in [0.29, 0.717) is 11.8 Å². The molecule has 3 atom stereocenters. The second-order valence-corrected chi connectivity index (χ2v) is 32.3. The Morgan fingerprint density at radius 1 is 1.29 bits per heavy atom. The SMILES string of the molecule is C[SiH](C)[Hf+2]([NH]C(=O)C1CC2CCC1C2)[C]1=CC=CC1.[Cl-].[Cl-]. The minimum absolute atomic E-state index is 0. The molecule has 2 saturated carbocycles. The molecule has 3 unspecified atom stereocenters. The van der Waals surface area contributed by atoms with Crippen LogP contribution in [0.3, 0.4) is 0 Å². The first-order valence-electron chi connectivity index (χ1n) is 7.69. The van der Waals surface area contributed by atoms with Gasteiger partial charge in [0.15, 0.2) is 0 Å². The maximum absolute atomic E-state index is 12.6. The third-order valence-corrected chi connectivity index (χ3v) is 28.5. The van der Waals surface area contributed by atoms with Crippen LogP contribution in [0.15, 0.2) is 21.6 Å². The van der Waals surface area contributed by atoms with E-state index in [1.165, 1.54) is 25.7 Å². The minimum Gasteiger partial charge on any atom is -1.00 e. The van der Waals surface area contributed by atoms with E-state index in [9.17, 15) is 4.79 Å². The van der Waals surface area contributed by atoms with Gasteiger partial charge in [-0.2, -0.15) is 0 Å². The van der Waals surface area contributed by atoms with Crippen molar-refractivity contribution in [2.75, 3.05) is 0 Å². The third-order valence-electron chi connectivity index (χ3n) is 5.03. The van der Waals surface area contributed by atoms with Crippen LogP contribution in [-0.2, 0) is 25.7 Å². The predicted octanol–water partition coefficient (Wildman–Crippen LogP) is -3.09. The summed E-state index contributed by atoms with van der Waals surface area (Å²) in [5.41, 5.74) is 0. The van der Waals surface area contributed by atoms with E-state index >= 15 is 0 Å². The molecule has 1 amide bonds. The molecule has 3 aliphatic rings. The van der Waals surface area contributed by atoms with Crippen LogP contribution in [0.1, 0.15) is 32.1 Å². The summed E-state index contributed by atoms with van der Waals surface area (Å²) in [4.78, 5) is 12.6. The molecule has 2 bridgehead atoms. The zero-order valence-corrected chi connectivity index (χ0v) is 19.0. The summed E-state index contributed by atoms with van der Waals surface area (Å²) in [5.74, 6) is 1.74. The van der Waals surface area contributed by atoms with Crippen LogP contribution < -0.4 is 28.1 Å². The Morgan fingerprint density at radius 3 is 2.52 bits per heavy atom. The largest absolute Gasteiger partial charge is 1.00 e. The van der Waals surface area contributed by atoms with Gasteiger partial charge in [-0.25, -0.2) is 0 Å². The monoisotopic (exact) mass is 512 g/mol. The summed E-state index contributed by atoms with van der Waals surface area (Å²) in [6.45, 7) is 4.87. The van der Waals surface area contributed by atoms with Gasteiger partial charge in [0, 0.05) is 0 Å². The minimum atomic E-state index is -1.97. The van der Waals surface area contributed by atoms with Crippen molar-refractivity contribution < 1.29 is 50.5 Å². The van der Waals surface area contributed by atoms with Crippen LogP contribution in [0.5, 0.6) is 0 Å². The Balaban J connectivity index is 0.00000110. The molecule has 0 heterocycles. The Kier molecular flexibility index (Phi) is 7.93. The number of carbonyl (C=O) groups is 1. The van der Waals surface area contributed by atoms with Gasteiger partial charge in [-0.05, 0) is 0 Å². The second kappa shape index (κ2) is 8.46. The van der Waals surface area contributed by atoms with E-state index < -0.39 is 26.9 Å². The average molecular weight is 512 g/mol. The van der Waals surface area contributed by atoms with E-state index in [1.807, 2.05) is 0 Å². The average Bonchev–Trinajstić information content (AvgIpc) is 3.10. The van der Waals surface area contributed by atoms with Crippen LogP contribution in [-0.4, -0.2) is 11.9 Å². The van der Waals surface area contributed by atoms with Gasteiger partial charge in [0.2, 0.25) is 0 Å². The molecule has 21 heavy (non-hydrogen) atoms.